The van der Waals surface area contributed by atoms with Gasteiger partial charge in [-0.15, -0.1) is 11.3 Å². The highest BCUT2D eigenvalue weighted by atomic mass is 32.1. The molecule has 0 radical (unpaired) electrons. The van der Waals surface area contributed by atoms with Gasteiger partial charge in [0.2, 0.25) is 0 Å². The Morgan fingerprint density at radius 1 is 1.23 bits per heavy atom. The van der Waals surface area contributed by atoms with E-state index in [0.717, 1.165) is 10.4 Å². The van der Waals surface area contributed by atoms with Gasteiger partial charge in [0.1, 0.15) is 5.82 Å². The SMILES string of the molecule is Cc1ccc(F)c(NC(=O)c2cc(-c3cccs3)nc3onc(C)c23)c1. The number of thiophene rings is 1. The first kappa shape index (κ1) is 16.4. The van der Waals surface area contributed by atoms with E-state index in [1.807, 2.05) is 24.4 Å². The standard InChI is InChI=1S/C19H14FN3O2S/c1-10-5-6-13(20)14(8-10)21-18(24)12-9-15(16-4-3-7-26-16)22-19-17(12)11(2)23-25-19/h3-9H,1-2H3,(H,21,24). The molecular weight excluding hydrogens is 353 g/mol. The van der Waals surface area contributed by atoms with Crippen LogP contribution >= 0.6 is 11.3 Å². The Balaban J connectivity index is 1.82. The molecule has 0 fully saturated rings. The molecule has 0 aliphatic rings. The molecule has 26 heavy (non-hydrogen) atoms. The number of rotatable bonds is 3. The van der Waals surface area contributed by atoms with Gasteiger partial charge in [-0.05, 0) is 49.1 Å². The Kier molecular flexibility index (Phi) is 4.00. The number of carbonyl (C=O) groups excluding carboxylic acids is 1. The number of aryl methyl sites for hydroxylation is 2. The van der Waals surface area contributed by atoms with Crippen molar-refractivity contribution in [2.75, 3.05) is 5.32 Å². The summed E-state index contributed by atoms with van der Waals surface area (Å²) in [4.78, 5) is 18.2. The number of aromatic nitrogens is 2. The summed E-state index contributed by atoms with van der Waals surface area (Å²) in [6, 6.07) is 10.1. The largest absolute Gasteiger partial charge is 0.335 e. The second kappa shape index (κ2) is 6.34. The van der Waals surface area contributed by atoms with Crippen molar-refractivity contribution in [2.24, 2.45) is 0 Å². The van der Waals surface area contributed by atoms with Gasteiger partial charge < -0.3 is 9.84 Å². The van der Waals surface area contributed by atoms with Gasteiger partial charge in [-0.25, -0.2) is 9.37 Å². The highest BCUT2D eigenvalue weighted by Crippen LogP contribution is 2.30. The number of carbonyl (C=O) groups is 1. The van der Waals surface area contributed by atoms with Crippen LogP contribution in [0, 0.1) is 19.7 Å². The second-order valence-corrected chi connectivity index (χ2v) is 6.87. The third-order valence-electron chi connectivity index (χ3n) is 4.01. The molecule has 0 aliphatic carbocycles. The zero-order valence-corrected chi connectivity index (χ0v) is 14.9. The molecule has 4 aromatic rings. The quantitative estimate of drug-likeness (QED) is 0.556. The number of nitrogens with one attached hydrogen (secondary N) is 1. The maximum atomic E-state index is 14.0. The number of pyridine rings is 1. The molecule has 0 aliphatic heterocycles. The van der Waals surface area contributed by atoms with Gasteiger partial charge in [0.05, 0.1) is 32.9 Å². The van der Waals surface area contributed by atoms with Crippen LogP contribution in [0.1, 0.15) is 21.6 Å². The lowest BCUT2D eigenvalue weighted by Gasteiger charge is -2.09. The average molecular weight is 367 g/mol. The molecule has 1 aromatic carbocycles. The summed E-state index contributed by atoms with van der Waals surface area (Å²) in [5.41, 5.74) is 2.77. The van der Waals surface area contributed by atoms with Gasteiger partial charge in [-0.3, -0.25) is 4.79 Å². The molecule has 0 atom stereocenters. The molecule has 4 rings (SSSR count). The van der Waals surface area contributed by atoms with Crippen molar-refractivity contribution in [1.82, 2.24) is 10.1 Å². The summed E-state index contributed by atoms with van der Waals surface area (Å²) in [5, 5.41) is 9.00. The van der Waals surface area contributed by atoms with Crippen LogP contribution in [-0.4, -0.2) is 16.0 Å². The first-order valence-electron chi connectivity index (χ1n) is 7.91. The molecule has 0 saturated carbocycles. The third kappa shape index (κ3) is 2.86. The minimum Gasteiger partial charge on any atom is -0.335 e. The lowest BCUT2D eigenvalue weighted by atomic mass is 10.1. The summed E-state index contributed by atoms with van der Waals surface area (Å²) in [6.45, 7) is 3.57. The number of nitrogens with zero attached hydrogens (tertiary/aromatic N) is 2. The fraction of sp³-hybridized carbons (Fsp3) is 0.105. The molecule has 1 N–H and O–H groups in total. The van der Waals surface area contributed by atoms with Crippen LogP contribution in [0.15, 0.2) is 46.3 Å². The lowest BCUT2D eigenvalue weighted by Crippen LogP contribution is -2.14. The number of amides is 1. The van der Waals surface area contributed by atoms with Crippen LogP contribution in [0.4, 0.5) is 10.1 Å². The highest BCUT2D eigenvalue weighted by molar-refractivity contribution is 7.13. The molecule has 3 heterocycles. The maximum Gasteiger partial charge on any atom is 0.259 e. The molecule has 7 heteroatoms. The summed E-state index contributed by atoms with van der Waals surface area (Å²) in [5.74, 6) is -0.930. The van der Waals surface area contributed by atoms with Crippen molar-refractivity contribution in [1.29, 1.82) is 0 Å². The second-order valence-electron chi connectivity index (χ2n) is 5.92. The number of fused-ring (bicyclic) bond motifs is 1. The topological polar surface area (TPSA) is 68.0 Å². The maximum absolute atomic E-state index is 14.0. The van der Waals surface area contributed by atoms with Gasteiger partial charge >= 0.3 is 0 Å². The first-order valence-corrected chi connectivity index (χ1v) is 8.79. The Morgan fingerprint density at radius 3 is 2.85 bits per heavy atom. The zero-order valence-electron chi connectivity index (χ0n) is 14.0. The minimum atomic E-state index is -0.491. The van der Waals surface area contributed by atoms with E-state index in [9.17, 15) is 9.18 Å². The van der Waals surface area contributed by atoms with E-state index in [2.05, 4.69) is 15.5 Å². The predicted molar refractivity (Wildman–Crippen MR) is 98.9 cm³/mol. The van der Waals surface area contributed by atoms with Crippen LogP contribution < -0.4 is 5.32 Å². The van der Waals surface area contributed by atoms with Crippen LogP contribution in [0.2, 0.25) is 0 Å². The summed E-state index contributed by atoms with van der Waals surface area (Å²) < 4.78 is 19.3. The van der Waals surface area contributed by atoms with Crippen LogP contribution in [0.25, 0.3) is 21.7 Å². The van der Waals surface area contributed by atoms with Crippen LogP contribution in [0.5, 0.6) is 0 Å². The van der Waals surface area contributed by atoms with Crippen molar-refractivity contribution < 1.29 is 13.7 Å². The predicted octanol–water partition coefficient (Wildman–Crippen LogP) is 4.96. The molecule has 5 nitrogen and oxygen atoms in total. The first-order chi connectivity index (χ1) is 12.5. The Bertz CT molecular complexity index is 1120. The Morgan fingerprint density at radius 2 is 2.08 bits per heavy atom. The summed E-state index contributed by atoms with van der Waals surface area (Å²) >= 11 is 1.50. The summed E-state index contributed by atoms with van der Waals surface area (Å²) in [6.07, 6.45) is 0. The van der Waals surface area contributed by atoms with E-state index in [0.29, 0.717) is 22.3 Å². The molecule has 3 aromatic heterocycles. The third-order valence-corrected chi connectivity index (χ3v) is 4.90. The number of halogens is 1. The monoisotopic (exact) mass is 367 g/mol. The zero-order chi connectivity index (χ0) is 18.3. The fourth-order valence-electron chi connectivity index (χ4n) is 2.75. The van der Waals surface area contributed by atoms with E-state index >= 15 is 0 Å². The van der Waals surface area contributed by atoms with Crippen molar-refractivity contribution >= 4 is 34.0 Å². The van der Waals surface area contributed by atoms with Gasteiger partial charge in [0.25, 0.3) is 11.6 Å². The average Bonchev–Trinajstić information content (AvgIpc) is 3.28. The highest BCUT2D eigenvalue weighted by Gasteiger charge is 2.20. The van der Waals surface area contributed by atoms with Gasteiger partial charge in [0.15, 0.2) is 0 Å². The molecule has 130 valence electrons. The molecule has 0 bridgehead atoms. The van der Waals surface area contributed by atoms with E-state index < -0.39 is 11.7 Å². The van der Waals surface area contributed by atoms with E-state index in [1.54, 1.807) is 25.1 Å². The number of anilines is 1. The van der Waals surface area contributed by atoms with Gasteiger partial charge in [0, 0.05) is 0 Å². The normalized spacial score (nSPS) is 11.0. The van der Waals surface area contributed by atoms with Crippen LogP contribution in [-0.2, 0) is 0 Å². The smallest absolute Gasteiger partial charge is 0.259 e. The number of benzene rings is 1. The molecule has 0 spiro atoms. The number of hydrogen-bond donors (Lipinski definition) is 1. The van der Waals surface area contributed by atoms with Crippen molar-refractivity contribution in [3.8, 4) is 10.6 Å². The lowest BCUT2D eigenvalue weighted by molar-refractivity contribution is 0.102. The number of hydrogen-bond acceptors (Lipinski definition) is 5. The van der Waals surface area contributed by atoms with Crippen molar-refractivity contribution in [3.05, 3.63) is 64.4 Å². The van der Waals surface area contributed by atoms with Gasteiger partial charge in [-0.1, -0.05) is 17.3 Å². The molecular formula is C19H14FN3O2S. The van der Waals surface area contributed by atoms with Crippen LogP contribution in [0.3, 0.4) is 0 Å². The molecule has 0 saturated heterocycles. The van der Waals surface area contributed by atoms with E-state index in [1.165, 1.54) is 17.4 Å². The van der Waals surface area contributed by atoms with Gasteiger partial charge in [-0.2, -0.15) is 0 Å². The van der Waals surface area contributed by atoms with E-state index in [-0.39, 0.29) is 11.4 Å². The fourth-order valence-corrected chi connectivity index (χ4v) is 3.44. The summed E-state index contributed by atoms with van der Waals surface area (Å²) in [7, 11) is 0. The van der Waals surface area contributed by atoms with Crippen molar-refractivity contribution in [2.45, 2.75) is 13.8 Å². The molecule has 0 unspecified atom stereocenters. The van der Waals surface area contributed by atoms with Crippen molar-refractivity contribution in [3.63, 3.8) is 0 Å². The minimum absolute atomic E-state index is 0.131. The van der Waals surface area contributed by atoms with E-state index in [4.69, 9.17) is 4.52 Å². The Hall–Kier alpha value is -3.06. The molecule has 1 amide bonds. The Labute approximate surface area is 152 Å².